The van der Waals surface area contributed by atoms with E-state index < -0.39 is 0 Å². The highest BCUT2D eigenvalue weighted by Crippen LogP contribution is 2.19. The molecular formula is C11H22N2O2. The zero-order chi connectivity index (χ0) is 11.6. The van der Waals surface area contributed by atoms with E-state index in [4.69, 9.17) is 5.11 Å². The molecule has 3 N–H and O–H groups in total. The Kier molecular flexibility index (Phi) is 3.73. The average Bonchev–Trinajstić information content (AvgIpc) is 1.98. The zero-order valence-corrected chi connectivity index (χ0v) is 10.0. The number of rotatable bonds is 3. The molecule has 0 aromatic heterocycles. The summed E-state index contributed by atoms with van der Waals surface area (Å²) in [5.74, 6) is 0.0175. The number of hydrogen-bond acceptors (Lipinski definition) is 3. The molecule has 1 aliphatic rings. The molecule has 1 fully saturated rings. The third kappa shape index (κ3) is 4.18. The first-order chi connectivity index (χ1) is 6.78. The zero-order valence-electron chi connectivity index (χ0n) is 10.0. The van der Waals surface area contributed by atoms with E-state index in [1.165, 1.54) is 0 Å². The molecule has 0 heterocycles. The van der Waals surface area contributed by atoms with Gasteiger partial charge in [0.05, 0.1) is 12.1 Å². The molecule has 0 radical (unpaired) electrons. The van der Waals surface area contributed by atoms with E-state index in [0.717, 1.165) is 12.8 Å². The van der Waals surface area contributed by atoms with Crippen LogP contribution in [-0.2, 0) is 4.79 Å². The van der Waals surface area contributed by atoms with Crippen molar-refractivity contribution in [2.45, 2.75) is 64.3 Å². The SMILES string of the molecule is CC(NC1CC(O)C1)C(=O)NC(C)(C)C. The number of hydrogen-bond donors (Lipinski definition) is 3. The molecule has 1 rings (SSSR count). The van der Waals surface area contributed by atoms with E-state index in [2.05, 4.69) is 10.6 Å². The second-order valence-electron chi connectivity index (χ2n) is 5.45. The molecule has 4 nitrogen and oxygen atoms in total. The Morgan fingerprint density at radius 3 is 2.33 bits per heavy atom. The maximum absolute atomic E-state index is 11.7. The smallest absolute Gasteiger partial charge is 0.237 e. The number of aliphatic hydroxyl groups excluding tert-OH is 1. The molecule has 0 aromatic rings. The molecule has 1 unspecified atom stereocenters. The normalized spacial score (nSPS) is 28.1. The van der Waals surface area contributed by atoms with Gasteiger partial charge in [0.15, 0.2) is 0 Å². The lowest BCUT2D eigenvalue weighted by Gasteiger charge is -2.34. The van der Waals surface area contributed by atoms with Gasteiger partial charge in [-0.1, -0.05) is 0 Å². The van der Waals surface area contributed by atoms with Crippen LogP contribution in [0.25, 0.3) is 0 Å². The van der Waals surface area contributed by atoms with Gasteiger partial charge in [0.1, 0.15) is 0 Å². The van der Waals surface area contributed by atoms with Gasteiger partial charge in [-0.15, -0.1) is 0 Å². The Labute approximate surface area is 91.4 Å². The topological polar surface area (TPSA) is 61.4 Å². The number of carbonyl (C=O) groups is 1. The van der Waals surface area contributed by atoms with Gasteiger partial charge in [-0.2, -0.15) is 0 Å². The molecule has 1 atom stereocenters. The van der Waals surface area contributed by atoms with Gasteiger partial charge in [0.2, 0.25) is 5.91 Å². The summed E-state index contributed by atoms with van der Waals surface area (Å²) in [5.41, 5.74) is -0.188. The fourth-order valence-electron chi connectivity index (χ4n) is 1.63. The largest absolute Gasteiger partial charge is 0.393 e. The first-order valence-electron chi connectivity index (χ1n) is 5.54. The predicted octanol–water partition coefficient (Wildman–Crippen LogP) is 0.402. The second kappa shape index (κ2) is 4.49. The molecule has 88 valence electrons. The van der Waals surface area contributed by atoms with Crippen LogP contribution in [0.1, 0.15) is 40.5 Å². The molecule has 0 aromatic carbocycles. The van der Waals surface area contributed by atoms with Gasteiger partial charge in [0.25, 0.3) is 0 Å². The van der Waals surface area contributed by atoms with Crippen LogP contribution in [0.2, 0.25) is 0 Å². The lowest BCUT2D eigenvalue weighted by molar-refractivity contribution is -0.124. The summed E-state index contributed by atoms with van der Waals surface area (Å²) >= 11 is 0. The highest BCUT2D eigenvalue weighted by molar-refractivity contribution is 5.81. The molecule has 0 bridgehead atoms. The molecule has 0 saturated heterocycles. The van der Waals surface area contributed by atoms with Crippen LogP contribution in [0.4, 0.5) is 0 Å². The summed E-state index contributed by atoms with van der Waals surface area (Å²) in [4.78, 5) is 11.7. The van der Waals surface area contributed by atoms with Gasteiger partial charge in [-0.3, -0.25) is 4.79 Å². The Morgan fingerprint density at radius 2 is 1.93 bits per heavy atom. The van der Waals surface area contributed by atoms with Gasteiger partial charge in [-0.25, -0.2) is 0 Å². The number of aliphatic hydroxyl groups is 1. The summed E-state index contributed by atoms with van der Waals surface area (Å²) in [6.45, 7) is 7.74. The molecule has 1 amide bonds. The Morgan fingerprint density at radius 1 is 1.40 bits per heavy atom. The highest BCUT2D eigenvalue weighted by atomic mass is 16.3. The number of nitrogens with one attached hydrogen (secondary N) is 2. The van der Waals surface area contributed by atoms with Crippen molar-refractivity contribution in [1.82, 2.24) is 10.6 Å². The van der Waals surface area contributed by atoms with Crippen molar-refractivity contribution in [2.75, 3.05) is 0 Å². The summed E-state index contributed by atoms with van der Waals surface area (Å²) in [5, 5.41) is 15.2. The summed E-state index contributed by atoms with van der Waals surface area (Å²) in [6.07, 6.45) is 1.33. The fraction of sp³-hybridized carbons (Fsp3) is 0.909. The van der Waals surface area contributed by atoms with E-state index in [1.807, 2.05) is 27.7 Å². The minimum atomic E-state index is -0.193. The molecule has 15 heavy (non-hydrogen) atoms. The Bertz CT molecular complexity index is 229. The number of carbonyl (C=O) groups excluding carboxylic acids is 1. The van der Waals surface area contributed by atoms with E-state index in [1.54, 1.807) is 0 Å². The van der Waals surface area contributed by atoms with Crippen LogP contribution in [0, 0.1) is 0 Å². The van der Waals surface area contributed by atoms with Crippen molar-refractivity contribution >= 4 is 5.91 Å². The number of amides is 1. The quantitative estimate of drug-likeness (QED) is 0.637. The maximum atomic E-state index is 11.7. The minimum Gasteiger partial charge on any atom is -0.393 e. The maximum Gasteiger partial charge on any atom is 0.237 e. The van der Waals surface area contributed by atoms with Gasteiger partial charge in [-0.05, 0) is 40.5 Å². The van der Waals surface area contributed by atoms with Crippen molar-refractivity contribution in [2.24, 2.45) is 0 Å². The molecule has 1 saturated carbocycles. The van der Waals surface area contributed by atoms with E-state index >= 15 is 0 Å². The first-order valence-corrected chi connectivity index (χ1v) is 5.54. The fourth-order valence-corrected chi connectivity index (χ4v) is 1.63. The molecule has 0 aliphatic heterocycles. The van der Waals surface area contributed by atoms with E-state index in [9.17, 15) is 4.79 Å². The third-order valence-electron chi connectivity index (χ3n) is 2.49. The molecule has 4 heteroatoms. The van der Waals surface area contributed by atoms with Crippen LogP contribution in [-0.4, -0.2) is 34.7 Å². The van der Waals surface area contributed by atoms with Gasteiger partial charge in [0, 0.05) is 11.6 Å². The summed E-state index contributed by atoms with van der Waals surface area (Å²) in [7, 11) is 0. The Hall–Kier alpha value is -0.610. The monoisotopic (exact) mass is 214 g/mol. The lowest BCUT2D eigenvalue weighted by Crippen LogP contribution is -2.55. The molecule has 0 spiro atoms. The van der Waals surface area contributed by atoms with Crippen molar-refractivity contribution in [1.29, 1.82) is 0 Å². The molecular weight excluding hydrogens is 192 g/mol. The van der Waals surface area contributed by atoms with Crippen LogP contribution in [0.3, 0.4) is 0 Å². The lowest BCUT2D eigenvalue weighted by atomic mass is 9.89. The van der Waals surface area contributed by atoms with Crippen molar-refractivity contribution in [3.05, 3.63) is 0 Å². The first kappa shape index (κ1) is 12.5. The minimum absolute atomic E-state index is 0.0175. The summed E-state index contributed by atoms with van der Waals surface area (Å²) in [6, 6.07) is 0.0995. The highest BCUT2D eigenvalue weighted by Gasteiger charge is 2.30. The van der Waals surface area contributed by atoms with Gasteiger partial charge >= 0.3 is 0 Å². The summed E-state index contributed by atoms with van der Waals surface area (Å²) < 4.78 is 0. The van der Waals surface area contributed by atoms with E-state index in [0.29, 0.717) is 6.04 Å². The van der Waals surface area contributed by atoms with Crippen LogP contribution in [0.15, 0.2) is 0 Å². The second-order valence-corrected chi connectivity index (χ2v) is 5.45. The predicted molar refractivity (Wildman–Crippen MR) is 59.5 cm³/mol. The average molecular weight is 214 g/mol. The van der Waals surface area contributed by atoms with Crippen LogP contribution < -0.4 is 10.6 Å². The molecule has 1 aliphatic carbocycles. The van der Waals surface area contributed by atoms with Crippen molar-refractivity contribution in [3.8, 4) is 0 Å². The van der Waals surface area contributed by atoms with Gasteiger partial charge < -0.3 is 15.7 Å². The van der Waals surface area contributed by atoms with E-state index in [-0.39, 0.29) is 23.6 Å². The van der Waals surface area contributed by atoms with Crippen molar-refractivity contribution in [3.63, 3.8) is 0 Å². The Balaban J connectivity index is 2.27. The third-order valence-corrected chi connectivity index (χ3v) is 2.49. The van der Waals surface area contributed by atoms with Crippen LogP contribution in [0.5, 0.6) is 0 Å². The van der Waals surface area contributed by atoms with Crippen molar-refractivity contribution < 1.29 is 9.90 Å². The van der Waals surface area contributed by atoms with Crippen LogP contribution >= 0.6 is 0 Å². The standard InChI is InChI=1S/C11H22N2O2/c1-7(10(15)13-11(2,3)4)12-8-5-9(14)6-8/h7-9,12,14H,5-6H2,1-4H3,(H,13,15).